The second-order valence-electron chi connectivity index (χ2n) is 14.3. The number of aliphatic carboxylic acids is 1. The van der Waals surface area contributed by atoms with Crippen molar-refractivity contribution in [1.29, 1.82) is 0 Å². The summed E-state index contributed by atoms with van der Waals surface area (Å²) in [7, 11) is 0. The first-order valence-electron chi connectivity index (χ1n) is 13.9. The van der Waals surface area contributed by atoms with Gasteiger partial charge in [0.15, 0.2) is 5.78 Å². The molecule has 5 aliphatic rings. The van der Waals surface area contributed by atoms with E-state index < -0.39 is 75.3 Å². The molecular weight excluding hydrogens is 504 g/mol. The Morgan fingerprint density at radius 1 is 1.15 bits per heavy atom. The molecule has 0 aromatic carbocycles. The zero-order valence-corrected chi connectivity index (χ0v) is 23.8. The van der Waals surface area contributed by atoms with Gasteiger partial charge < -0.3 is 30.3 Å². The molecule has 1 aliphatic heterocycles. The molecule has 0 bridgehead atoms. The SMILES string of the molecule is C[C@H](CC(=O)C[C@@](C)(O)C1=C[C@@H](O)[C@]2(C)[C@]1(C)C(=O)C=C1[C@]23O[C@H]3C[C@H]2C(C)(C)[C@@H](O)[C@H](O)C[C@]12C)C(=O)O. The van der Waals surface area contributed by atoms with Gasteiger partial charge in [0.25, 0.3) is 0 Å². The Balaban J connectivity index is 1.58. The number of ether oxygens (including phenoxy) is 1. The van der Waals surface area contributed by atoms with Gasteiger partial charge >= 0.3 is 5.97 Å². The van der Waals surface area contributed by atoms with E-state index in [1.807, 2.05) is 20.8 Å². The van der Waals surface area contributed by atoms with Gasteiger partial charge in [0.05, 0.1) is 41.3 Å². The van der Waals surface area contributed by atoms with Crippen molar-refractivity contribution in [2.24, 2.45) is 33.5 Å². The van der Waals surface area contributed by atoms with Crippen molar-refractivity contribution in [3.63, 3.8) is 0 Å². The maximum atomic E-state index is 14.2. The number of aliphatic hydroxyl groups is 4. The second-order valence-corrected chi connectivity index (χ2v) is 14.3. The van der Waals surface area contributed by atoms with Gasteiger partial charge in [-0.25, -0.2) is 0 Å². The van der Waals surface area contributed by atoms with Crippen molar-refractivity contribution in [1.82, 2.24) is 0 Å². The molecule has 1 spiro atoms. The number of carboxylic acids is 1. The third kappa shape index (κ3) is 3.28. The first-order valence-corrected chi connectivity index (χ1v) is 13.9. The van der Waals surface area contributed by atoms with Crippen LogP contribution in [0.25, 0.3) is 0 Å². The molecule has 5 rings (SSSR count). The van der Waals surface area contributed by atoms with E-state index >= 15 is 0 Å². The lowest BCUT2D eigenvalue weighted by atomic mass is 9.40. The standard InChI is InChI=1S/C30H42O9/c1-14(24(36)37)8-15(31)12-27(5,38)19-10-21(34)29(7)28(19,6)20(33)9-18-26(4)13-16(32)23(35)25(2,3)17(26)11-22-30(18,29)39-22/h9-10,14,16-17,21-23,32,34-35,38H,8,11-13H2,1-7H3,(H,36,37)/t14-,16-,17+,21-,22+,23+,26+,27-,28+,29-,30-/m1/s1. The molecule has 0 unspecified atom stereocenters. The topological polar surface area (TPSA) is 165 Å². The molecule has 1 heterocycles. The molecule has 1 saturated heterocycles. The Hall–Kier alpha value is -1.91. The van der Waals surface area contributed by atoms with Gasteiger partial charge in [0, 0.05) is 18.3 Å². The molecule has 0 radical (unpaired) electrons. The summed E-state index contributed by atoms with van der Waals surface area (Å²) < 4.78 is 6.52. The normalized spacial score (nSPS) is 47.9. The number of rotatable bonds is 6. The van der Waals surface area contributed by atoms with Gasteiger partial charge in [-0.2, -0.15) is 0 Å². The van der Waals surface area contributed by atoms with Crippen LogP contribution in [0.2, 0.25) is 0 Å². The number of epoxide rings is 1. The van der Waals surface area contributed by atoms with Crippen molar-refractivity contribution in [3.8, 4) is 0 Å². The number of carbonyl (C=O) groups excluding carboxylic acids is 2. The van der Waals surface area contributed by atoms with Gasteiger partial charge in [-0.1, -0.05) is 40.7 Å². The highest BCUT2D eigenvalue weighted by Crippen LogP contribution is 2.79. The van der Waals surface area contributed by atoms with Crippen molar-refractivity contribution in [3.05, 3.63) is 23.3 Å². The van der Waals surface area contributed by atoms with Crippen LogP contribution in [0.1, 0.15) is 74.1 Å². The van der Waals surface area contributed by atoms with Crippen LogP contribution < -0.4 is 0 Å². The maximum absolute atomic E-state index is 14.2. The van der Waals surface area contributed by atoms with E-state index in [1.165, 1.54) is 19.9 Å². The lowest BCUT2D eigenvalue weighted by molar-refractivity contribution is -0.167. The Labute approximate surface area is 228 Å². The number of Topliss-reactive ketones (excluding diaryl/α,β-unsaturated/α-hetero) is 1. The Morgan fingerprint density at radius 3 is 2.36 bits per heavy atom. The van der Waals surface area contributed by atoms with E-state index in [0.29, 0.717) is 6.42 Å². The number of allylic oxidation sites excluding steroid dienone is 1. The summed E-state index contributed by atoms with van der Waals surface area (Å²) in [6.07, 6.45) is -0.200. The Kier molecular flexibility index (Phi) is 5.94. The highest BCUT2D eigenvalue weighted by molar-refractivity contribution is 6.02. The van der Waals surface area contributed by atoms with E-state index in [2.05, 4.69) is 0 Å². The fourth-order valence-corrected chi connectivity index (χ4v) is 9.38. The van der Waals surface area contributed by atoms with Crippen LogP contribution in [-0.4, -0.2) is 78.7 Å². The van der Waals surface area contributed by atoms with E-state index in [1.54, 1.807) is 19.9 Å². The molecule has 9 heteroatoms. The summed E-state index contributed by atoms with van der Waals surface area (Å²) in [6.45, 7) is 12.2. The number of hydrogen-bond donors (Lipinski definition) is 5. The number of carbonyl (C=O) groups is 3. The quantitative estimate of drug-likeness (QED) is 0.247. The van der Waals surface area contributed by atoms with Gasteiger partial charge in [0.2, 0.25) is 0 Å². The summed E-state index contributed by atoms with van der Waals surface area (Å²) in [4.78, 5) is 38.3. The summed E-state index contributed by atoms with van der Waals surface area (Å²) in [5, 5.41) is 54.2. The van der Waals surface area contributed by atoms with Crippen LogP contribution in [0.4, 0.5) is 0 Å². The zero-order valence-electron chi connectivity index (χ0n) is 23.8. The average Bonchev–Trinajstić information content (AvgIpc) is 3.49. The van der Waals surface area contributed by atoms with Crippen molar-refractivity contribution in [2.75, 3.05) is 0 Å². The smallest absolute Gasteiger partial charge is 0.306 e. The highest BCUT2D eigenvalue weighted by atomic mass is 16.6. The molecule has 2 saturated carbocycles. The summed E-state index contributed by atoms with van der Waals surface area (Å²) in [5.41, 5.74) is -5.81. The van der Waals surface area contributed by atoms with E-state index in [0.717, 1.165) is 5.57 Å². The average molecular weight is 547 g/mol. The van der Waals surface area contributed by atoms with Gasteiger partial charge in [-0.15, -0.1) is 0 Å². The van der Waals surface area contributed by atoms with Crippen molar-refractivity contribution >= 4 is 17.5 Å². The van der Waals surface area contributed by atoms with Gasteiger partial charge in [-0.3, -0.25) is 14.4 Å². The minimum Gasteiger partial charge on any atom is -0.481 e. The molecule has 5 N–H and O–H groups in total. The Morgan fingerprint density at radius 2 is 1.77 bits per heavy atom. The van der Waals surface area contributed by atoms with E-state index in [-0.39, 0.29) is 36.2 Å². The first kappa shape index (κ1) is 28.6. The van der Waals surface area contributed by atoms with E-state index in [4.69, 9.17) is 4.74 Å². The lowest BCUT2D eigenvalue weighted by Crippen LogP contribution is -2.68. The largest absolute Gasteiger partial charge is 0.481 e. The molecule has 39 heavy (non-hydrogen) atoms. The van der Waals surface area contributed by atoms with E-state index in [9.17, 15) is 39.9 Å². The number of hydrogen-bond acceptors (Lipinski definition) is 8. The second kappa shape index (κ2) is 8.10. The van der Waals surface area contributed by atoms with Crippen molar-refractivity contribution < 1.29 is 44.7 Å². The van der Waals surface area contributed by atoms with Gasteiger partial charge in [-0.05, 0) is 60.7 Å². The molecule has 9 nitrogen and oxygen atoms in total. The third-order valence-electron chi connectivity index (χ3n) is 11.7. The van der Waals surface area contributed by atoms with Crippen LogP contribution in [-0.2, 0) is 19.1 Å². The molecule has 11 atom stereocenters. The van der Waals surface area contributed by atoms with Crippen molar-refractivity contribution in [2.45, 2.75) is 110 Å². The fourth-order valence-electron chi connectivity index (χ4n) is 9.38. The number of carboxylic acid groups (broad SMARTS) is 1. The molecule has 0 aromatic heterocycles. The Bertz CT molecular complexity index is 1210. The fraction of sp³-hybridized carbons (Fsp3) is 0.767. The summed E-state index contributed by atoms with van der Waals surface area (Å²) in [5.74, 6) is -2.88. The molecule has 0 amide bonds. The summed E-state index contributed by atoms with van der Waals surface area (Å²) in [6, 6.07) is 0. The van der Waals surface area contributed by atoms with Crippen LogP contribution in [0.5, 0.6) is 0 Å². The minimum atomic E-state index is -1.81. The van der Waals surface area contributed by atoms with Crippen LogP contribution >= 0.6 is 0 Å². The molecule has 3 fully saturated rings. The minimum absolute atomic E-state index is 0.0843. The highest BCUT2D eigenvalue weighted by Gasteiger charge is 2.85. The van der Waals surface area contributed by atoms with Gasteiger partial charge in [0.1, 0.15) is 11.4 Å². The number of aliphatic hydroxyl groups excluding tert-OH is 3. The number of ketones is 2. The predicted octanol–water partition coefficient (Wildman–Crippen LogP) is 1.95. The van der Waals surface area contributed by atoms with Crippen LogP contribution in [0.15, 0.2) is 23.3 Å². The molecule has 0 aromatic rings. The monoisotopic (exact) mass is 546 g/mol. The van der Waals surface area contributed by atoms with Crippen LogP contribution in [0, 0.1) is 33.5 Å². The lowest BCUT2D eigenvalue weighted by Gasteiger charge is -2.62. The zero-order chi connectivity index (χ0) is 29.3. The molecular formula is C30H42O9. The molecule has 4 aliphatic carbocycles. The van der Waals surface area contributed by atoms with Crippen LogP contribution in [0.3, 0.4) is 0 Å². The number of fused-ring (bicyclic) bond motifs is 3. The predicted molar refractivity (Wildman–Crippen MR) is 139 cm³/mol. The maximum Gasteiger partial charge on any atom is 0.306 e. The first-order chi connectivity index (χ1) is 17.7. The molecule has 216 valence electrons. The third-order valence-corrected chi connectivity index (χ3v) is 11.7. The summed E-state index contributed by atoms with van der Waals surface area (Å²) >= 11 is 0.